The maximum atomic E-state index is 12.6. The molecule has 0 bridgehead atoms. The topological polar surface area (TPSA) is 317 Å². The van der Waals surface area contributed by atoms with Crippen LogP contribution >= 0.6 is 0 Å². The van der Waals surface area contributed by atoms with Crippen molar-refractivity contribution in [2.24, 2.45) is 0 Å². The fraction of sp³-hybridized carbons (Fsp3) is 0.161. The first-order chi connectivity index (χ1) is 56.0. The number of nitro groups is 2. The molecule has 119 heavy (non-hydrogen) atoms. The van der Waals surface area contributed by atoms with Crippen molar-refractivity contribution in [2.45, 2.75) is 125 Å². The summed E-state index contributed by atoms with van der Waals surface area (Å²) in [5.74, 6) is 0. The molecule has 13 aromatic carbocycles. The minimum absolute atomic E-state index is 0.00324. The van der Waals surface area contributed by atoms with Crippen molar-refractivity contribution in [2.75, 3.05) is 23.6 Å². The average molecular weight is 1700 g/mol. The van der Waals surface area contributed by atoms with Crippen molar-refractivity contribution in [3.8, 4) is 33.4 Å². The van der Waals surface area contributed by atoms with E-state index < -0.39 is 60.0 Å². The lowest BCUT2D eigenvalue weighted by Gasteiger charge is -2.19. The normalized spacial score (nSPS) is 11.5. The third-order valence-electron chi connectivity index (χ3n) is 18.7. The van der Waals surface area contributed by atoms with E-state index in [1.807, 2.05) is 219 Å². The molecule has 26 heteroatoms. The van der Waals surface area contributed by atoms with Gasteiger partial charge in [-0.15, -0.1) is 0 Å². The molecule has 0 atom stereocenters. The van der Waals surface area contributed by atoms with E-state index >= 15 is 0 Å². The van der Waals surface area contributed by atoms with Crippen molar-refractivity contribution in [1.82, 2.24) is 0 Å². The van der Waals surface area contributed by atoms with Gasteiger partial charge in [-0.3, -0.25) is 43.8 Å². The Morgan fingerprint density at radius 3 is 0.824 bits per heavy atom. The predicted octanol–water partition coefficient (Wildman–Crippen LogP) is 22.0. The Bertz CT molecular complexity index is 6340. The summed E-state index contributed by atoms with van der Waals surface area (Å²) >= 11 is 0. The van der Waals surface area contributed by atoms with Crippen LogP contribution in [0, 0.1) is 68.7 Å². The van der Waals surface area contributed by atoms with E-state index in [0.717, 1.165) is 72.3 Å². The number of anilines is 5. The summed E-state index contributed by atoms with van der Waals surface area (Å²) in [4.78, 5) is 22.0. The van der Waals surface area contributed by atoms with Crippen molar-refractivity contribution < 1.29 is 51.9 Å². The lowest BCUT2D eigenvalue weighted by Crippen LogP contribution is -2.15. The standard InChI is InChI=1S/C20H19NO2S.C19H16N2O4S.C19H17NO2S.C18H23NO2S.C17H20N2O4S/c1-15-8-11-19(14-16(15)2)21-24(22,23)20-12-9-18(10-13-20)17-6-4-3-5-7-17;1-14-7-12-18(19(13-14)21(22)23)20-26(24,25)17-10-8-16(9-11-17)15-5-3-2-4-6-15;1-15-6-5-9-18(14-15)20-23(21,22)19-12-10-17(11-13-19)16-7-3-2-4-8-16;1-13-6-11-17(14(2)12-13)19-22(20,21)16-9-7-15(8-10-16)18(3,4)5;1-12-5-10-15(16(11-12)19(20)21)18-24(22,23)14-8-6-13(7-9-14)17(2,3)4/h3-14,21H,1-2H3;2-13,20H,1H3;2-14,20H,1H3;6-12,19H,1-5H3;5-11,18H,1-4H3. The van der Waals surface area contributed by atoms with Gasteiger partial charge in [-0.2, -0.15) is 0 Å². The van der Waals surface area contributed by atoms with Crippen LogP contribution in [-0.4, -0.2) is 51.9 Å². The fourth-order valence-electron chi connectivity index (χ4n) is 11.9. The van der Waals surface area contributed by atoms with Crippen LogP contribution in [0.25, 0.3) is 33.4 Å². The number of nitrogens with one attached hydrogen (secondary N) is 5. The molecule has 5 N–H and O–H groups in total. The summed E-state index contributed by atoms with van der Waals surface area (Å²) in [6.45, 7) is 25.6. The van der Waals surface area contributed by atoms with E-state index in [2.05, 4.69) is 44.4 Å². The molecular weight excluding hydrogens is 1600 g/mol. The Kier molecular flexibility index (Phi) is 29.3. The zero-order valence-corrected chi connectivity index (χ0v) is 72.2. The monoisotopic (exact) mass is 1690 g/mol. The van der Waals surface area contributed by atoms with Gasteiger partial charge in [0.1, 0.15) is 11.4 Å². The summed E-state index contributed by atoms with van der Waals surface area (Å²) in [6, 6.07) is 90.2. The Hall–Kier alpha value is -12.6. The number of hydrogen-bond donors (Lipinski definition) is 5. The smallest absolute Gasteiger partial charge is 0.280 e. The maximum Gasteiger partial charge on any atom is 0.293 e. The molecule has 0 aliphatic heterocycles. The van der Waals surface area contributed by atoms with Crippen LogP contribution in [0.3, 0.4) is 0 Å². The Labute approximate surface area is 698 Å². The maximum absolute atomic E-state index is 12.6. The molecule has 0 aliphatic carbocycles. The summed E-state index contributed by atoms with van der Waals surface area (Å²) in [5, 5.41) is 22.3. The molecule has 0 unspecified atom stereocenters. The predicted molar refractivity (Wildman–Crippen MR) is 479 cm³/mol. The van der Waals surface area contributed by atoms with Gasteiger partial charge in [-0.05, 0) is 240 Å². The number of nitrogens with zero attached hydrogens (tertiary/aromatic N) is 2. The van der Waals surface area contributed by atoms with Gasteiger partial charge in [0.2, 0.25) is 0 Å². The highest BCUT2D eigenvalue weighted by Crippen LogP contribution is 2.34. The largest absolute Gasteiger partial charge is 0.293 e. The molecule has 0 aromatic heterocycles. The van der Waals surface area contributed by atoms with Crippen molar-refractivity contribution in [1.29, 1.82) is 0 Å². The first-order valence-electron chi connectivity index (χ1n) is 37.5. The highest BCUT2D eigenvalue weighted by atomic mass is 32.2. The van der Waals surface area contributed by atoms with Gasteiger partial charge in [-0.1, -0.05) is 241 Å². The van der Waals surface area contributed by atoms with Gasteiger partial charge < -0.3 is 0 Å². The number of rotatable bonds is 20. The average Bonchev–Trinajstić information content (AvgIpc) is 0.811. The van der Waals surface area contributed by atoms with Gasteiger partial charge >= 0.3 is 0 Å². The van der Waals surface area contributed by atoms with Crippen molar-refractivity contribution in [3.63, 3.8) is 0 Å². The molecule has 0 saturated heterocycles. The summed E-state index contributed by atoms with van der Waals surface area (Å²) in [6.07, 6.45) is 0. The number of benzene rings is 13. The van der Waals surface area contributed by atoms with Gasteiger partial charge in [-0.25, -0.2) is 42.1 Å². The Morgan fingerprint density at radius 2 is 0.521 bits per heavy atom. The SMILES string of the molecule is Cc1ccc(NS(=O)(=O)c2ccc(-c3ccccc3)cc2)c([N+](=O)[O-])c1.Cc1ccc(NS(=O)(=O)c2ccc(-c3ccccc3)cc2)cc1C.Cc1ccc(NS(=O)(=O)c2ccc(C(C)(C)C)cc2)c(C)c1.Cc1ccc(NS(=O)(=O)c2ccc(C(C)(C)C)cc2)c([N+](=O)[O-])c1.Cc1cccc(NS(=O)(=O)c2ccc(-c3ccccc3)cc2)c1. The number of hydrogen-bond acceptors (Lipinski definition) is 14. The number of nitro benzene ring substituents is 2. The third-order valence-corrected chi connectivity index (χ3v) is 25.7. The van der Waals surface area contributed by atoms with E-state index in [9.17, 15) is 62.3 Å². The fourth-order valence-corrected chi connectivity index (χ4v) is 17.3. The molecule has 0 aliphatic rings. The summed E-state index contributed by atoms with van der Waals surface area (Å²) in [5.41, 5.74) is 15.6. The first kappa shape index (κ1) is 90.3. The third kappa shape index (κ3) is 25.5. The van der Waals surface area contributed by atoms with Crippen molar-refractivity contribution in [3.05, 3.63) is 380 Å². The van der Waals surface area contributed by atoms with Crippen LogP contribution < -0.4 is 23.6 Å². The summed E-state index contributed by atoms with van der Waals surface area (Å²) < 4.78 is 138. The molecule has 0 fully saturated rings. The molecule has 21 nitrogen and oxygen atoms in total. The van der Waals surface area contributed by atoms with E-state index in [4.69, 9.17) is 0 Å². The molecule has 0 spiro atoms. The molecule has 0 saturated carbocycles. The molecule has 0 heterocycles. The highest BCUT2D eigenvalue weighted by Gasteiger charge is 2.26. The second kappa shape index (κ2) is 38.7. The molecule has 0 amide bonds. The Balaban J connectivity index is 0.000000170. The number of aryl methyl sites for hydroxylation is 7. The molecular formula is C93H95N7O14S5. The number of sulfonamides is 5. The zero-order chi connectivity index (χ0) is 86.8. The van der Waals surface area contributed by atoms with Gasteiger partial charge in [0, 0.05) is 23.5 Å². The molecule has 13 rings (SSSR count). The minimum Gasteiger partial charge on any atom is -0.280 e. The molecule has 0 radical (unpaired) electrons. The van der Waals surface area contributed by atoms with E-state index in [0.29, 0.717) is 28.2 Å². The van der Waals surface area contributed by atoms with Crippen LogP contribution in [0.2, 0.25) is 0 Å². The van der Waals surface area contributed by atoms with Crippen LogP contribution in [0.1, 0.15) is 91.6 Å². The molecule has 616 valence electrons. The van der Waals surface area contributed by atoms with Crippen LogP contribution in [0.4, 0.5) is 39.8 Å². The van der Waals surface area contributed by atoms with Gasteiger partial charge in [0.05, 0.1) is 40.0 Å². The van der Waals surface area contributed by atoms with Gasteiger partial charge in [0.15, 0.2) is 0 Å². The Morgan fingerprint density at radius 1 is 0.244 bits per heavy atom. The minimum atomic E-state index is -3.94. The second-order valence-electron chi connectivity index (χ2n) is 30.3. The van der Waals surface area contributed by atoms with E-state index in [1.165, 1.54) is 48.5 Å². The lowest BCUT2D eigenvalue weighted by molar-refractivity contribution is -0.384. The van der Waals surface area contributed by atoms with E-state index in [1.54, 1.807) is 111 Å². The van der Waals surface area contributed by atoms with Crippen LogP contribution in [0.5, 0.6) is 0 Å². The quantitative estimate of drug-likeness (QED) is 0.0350. The second-order valence-corrected chi connectivity index (χ2v) is 38.7. The molecule has 13 aromatic rings. The van der Waals surface area contributed by atoms with Gasteiger partial charge in [0.25, 0.3) is 61.5 Å². The van der Waals surface area contributed by atoms with Crippen LogP contribution in [-0.2, 0) is 60.9 Å². The first-order valence-corrected chi connectivity index (χ1v) is 44.9. The van der Waals surface area contributed by atoms with E-state index in [-0.39, 0.29) is 58.1 Å². The summed E-state index contributed by atoms with van der Waals surface area (Å²) in [7, 11) is -18.6. The zero-order valence-electron chi connectivity index (χ0n) is 68.1. The van der Waals surface area contributed by atoms with Crippen LogP contribution in [0.15, 0.2) is 334 Å². The van der Waals surface area contributed by atoms with Crippen molar-refractivity contribution >= 4 is 89.9 Å². The lowest BCUT2D eigenvalue weighted by atomic mass is 9.87. The highest BCUT2D eigenvalue weighted by molar-refractivity contribution is 7.94.